The van der Waals surface area contributed by atoms with E-state index in [1.54, 1.807) is 0 Å². The second kappa shape index (κ2) is 12.6. The van der Waals surface area contributed by atoms with Crippen molar-refractivity contribution in [3.63, 3.8) is 0 Å². The molecule has 0 amide bonds. The predicted octanol–water partition coefficient (Wildman–Crippen LogP) is 14.6. The van der Waals surface area contributed by atoms with Crippen LogP contribution in [-0.2, 0) is 0 Å². The second-order valence-electron chi connectivity index (χ2n) is 14.1. The van der Waals surface area contributed by atoms with Crippen LogP contribution < -0.4 is 4.90 Å². The highest BCUT2D eigenvalue weighted by molar-refractivity contribution is 6.17. The minimum Gasteiger partial charge on any atom is -0.455 e. The predicted molar refractivity (Wildman–Crippen MR) is 231 cm³/mol. The van der Waals surface area contributed by atoms with E-state index in [9.17, 15) is 0 Å². The van der Waals surface area contributed by atoms with Crippen LogP contribution in [-0.4, -0.2) is 4.57 Å². The topological polar surface area (TPSA) is 21.3 Å². The van der Waals surface area contributed by atoms with Crippen LogP contribution >= 0.6 is 0 Å². The van der Waals surface area contributed by atoms with E-state index in [2.05, 4.69) is 210 Å². The van der Waals surface area contributed by atoms with E-state index in [1.807, 2.05) is 6.07 Å². The van der Waals surface area contributed by atoms with E-state index in [-0.39, 0.29) is 0 Å². The molecule has 3 nitrogen and oxygen atoms in total. The first-order chi connectivity index (χ1) is 27.3. The number of benzene rings is 9. The van der Waals surface area contributed by atoms with Gasteiger partial charge in [0.1, 0.15) is 11.2 Å². The number of furan rings is 1. The number of rotatable bonds is 6. The Bertz CT molecular complexity index is 3150. The molecule has 0 fully saturated rings. The molecule has 0 aliphatic heterocycles. The van der Waals surface area contributed by atoms with E-state index in [0.717, 1.165) is 55.8 Å². The van der Waals surface area contributed by atoms with Crippen LogP contribution in [0.15, 0.2) is 211 Å². The molecule has 11 rings (SSSR count). The van der Waals surface area contributed by atoms with Gasteiger partial charge in [-0.3, -0.25) is 0 Å². The van der Waals surface area contributed by atoms with Crippen molar-refractivity contribution in [2.45, 2.75) is 0 Å². The van der Waals surface area contributed by atoms with Crippen molar-refractivity contribution >= 4 is 71.6 Å². The van der Waals surface area contributed by atoms with E-state index >= 15 is 0 Å². The first-order valence-electron chi connectivity index (χ1n) is 18.8. The molecule has 55 heavy (non-hydrogen) atoms. The maximum Gasteiger partial charge on any atom is 0.145 e. The number of nitrogens with zero attached hydrogens (tertiary/aromatic N) is 2. The smallest absolute Gasteiger partial charge is 0.145 e. The second-order valence-corrected chi connectivity index (χ2v) is 14.1. The third kappa shape index (κ3) is 5.05. The largest absolute Gasteiger partial charge is 0.455 e. The van der Waals surface area contributed by atoms with Crippen LogP contribution in [0.25, 0.3) is 82.5 Å². The van der Waals surface area contributed by atoms with Crippen LogP contribution in [0.5, 0.6) is 0 Å². The van der Waals surface area contributed by atoms with Crippen molar-refractivity contribution in [2.24, 2.45) is 0 Å². The lowest BCUT2D eigenvalue weighted by atomic mass is 9.97. The third-order valence-corrected chi connectivity index (χ3v) is 11.0. The average molecular weight is 703 g/mol. The van der Waals surface area contributed by atoms with E-state index in [1.165, 1.54) is 43.7 Å². The molecule has 3 heteroatoms. The van der Waals surface area contributed by atoms with Gasteiger partial charge in [0, 0.05) is 38.8 Å². The van der Waals surface area contributed by atoms with Gasteiger partial charge in [0.05, 0.1) is 22.1 Å². The summed E-state index contributed by atoms with van der Waals surface area (Å²) in [5.41, 5.74) is 13.0. The standard InChI is InChI=1S/C52H34N2O/c1-2-17-38(18-3-1)53(39-30-28-36(29-31-39)42-24-13-15-35-14-4-5-20-41(35)42)49-33-32-43(52-51(49)46-23-8-11-27-50(46)55-52)37-16-12-19-40(34-37)54-47-25-9-6-21-44(47)45-22-7-10-26-48(45)54/h1-34H. The Morgan fingerprint density at radius 3 is 1.80 bits per heavy atom. The molecular weight excluding hydrogens is 669 g/mol. The lowest BCUT2D eigenvalue weighted by molar-refractivity contribution is 0.670. The zero-order valence-corrected chi connectivity index (χ0v) is 29.9. The van der Waals surface area contributed by atoms with Gasteiger partial charge in [0.2, 0.25) is 0 Å². The molecule has 0 spiro atoms. The first kappa shape index (κ1) is 31.2. The van der Waals surface area contributed by atoms with Crippen molar-refractivity contribution in [1.82, 2.24) is 4.57 Å². The summed E-state index contributed by atoms with van der Waals surface area (Å²) in [6.45, 7) is 0. The quantitative estimate of drug-likeness (QED) is 0.172. The Morgan fingerprint density at radius 1 is 0.400 bits per heavy atom. The molecule has 2 heterocycles. The molecule has 0 N–H and O–H groups in total. The number of anilines is 3. The Hall–Kier alpha value is -7.36. The van der Waals surface area contributed by atoms with Crippen LogP contribution in [0.1, 0.15) is 0 Å². The van der Waals surface area contributed by atoms with Crippen molar-refractivity contribution in [1.29, 1.82) is 0 Å². The number of hydrogen-bond acceptors (Lipinski definition) is 2. The van der Waals surface area contributed by atoms with Gasteiger partial charge in [-0.25, -0.2) is 0 Å². The molecule has 0 unspecified atom stereocenters. The molecule has 0 saturated carbocycles. The highest BCUT2D eigenvalue weighted by Crippen LogP contribution is 2.46. The molecule has 258 valence electrons. The molecule has 0 aliphatic carbocycles. The molecule has 0 radical (unpaired) electrons. The van der Waals surface area contributed by atoms with Crippen LogP contribution in [0.3, 0.4) is 0 Å². The Morgan fingerprint density at radius 2 is 1.02 bits per heavy atom. The summed E-state index contributed by atoms with van der Waals surface area (Å²) in [6.07, 6.45) is 0. The van der Waals surface area contributed by atoms with Crippen LogP contribution in [0, 0.1) is 0 Å². The lowest BCUT2D eigenvalue weighted by Gasteiger charge is -2.27. The summed E-state index contributed by atoms with van der Waals surface area (Å²) in [5.74, 6) is 0. The number of aromatic nitrogens is 1. The highest BCUT2D eigenvalue weighted by Gasteiger charge is 2.23. The third-order valence-electron chi connectivity index (χ3n) is 11.0. The zero-order chi connectivity index (χ0) is 36.3. The first-order valence-corrected chi connectivity index (χ1v) is 18.8. The Balaban J connectivity index is 1.10. The molecule has 0 saturated heterocycles. The monoisotopic (exact) mass is 702 g/mol. The number of fused-ring (bicyclic) bond motifs is 7. The minimum atomic E-state index is 0.865. The van der Waals surface area contributed by atoms with Crippen LogP contribution in [0.2, 0.25) is 0 Å². The number of para-hydroxylation sites is 4. The van der Waals surface area contributed by atoms with Crippen molar-refractivity contribution in [2.75, 3.05) is 4.90 Å². The molecule has 0 bridgehead atoms. The SMILES string of the molecule is c1ccc(N(c2ccc(-c3cccc4ccccc34)cc2)c2ccc(-c3cccc(-n4c5ccccc5c5ccccc54)c3)c3oc4ccccc4c23)cc1. The van der Waals surface area contributed by atoms with Crippen molar-refractivity contribution in [3.8, 4) is 27.9 Å². The summed E-state index contributed by atoms with van der Waals surface area (Å²) in [5, 5.41) is 7.16. The summed E-state index contributed by atoms with van der Waals surface area (Å²) in [6, 6.07) is 73.8. The molecule has 11 aromatic rings. The summed E-state index contributed by atoms with van der Waals surface area (Å²) in [4.78, 5) is 2.36. The fraction of sp³-hybridized carbons (Fsp3) is 0. The fourth-order valence-electron chi connectivity index (χ4n) is 8.51. The van der Waals surface area contributed by atoms with E-state index in [0.29, 0.717) is 0 Å². The van der Waals surface area contributed by atoms with Gasteiger partial charge >= 0.3 is 0 Å². The molecule has 0 atom stereocenters. The zero-order valence-electron chi connectivity index (χ0n) is 29.9. The van der Waals surface area contributed by atoms with Gasteiger partial charge in [0.15, 0.2) is 0 Å². The molecule has 9 aromatic carbocycles. The van der Waals surface area contributed by atoms with E-state index < -0.39 is 0 Å². The van der Waals surface area contributed by atoms with Gasteiger partial charge in [-0.1, -0.05) is 140 Å². The van der Waals surface area contributed by atoms with Gasteiger partial charge in [0.25, 0.3) is 0 Å². The molecular formula is C52H34N2O. The van der Waals surface area contributed by atoms with E-state index in [4.69, 9.17) is 4.42 Å². The average Bonchev–Trinajstić information content (AvgIpc) is 3.81. The Kier molecular flexibility index (Phi) is 7.17. The summed E-state index contributed by atoms with van der Waals surface area (Å²) >= 11 is 0. The normalized spacial score (nSPS) is 11.6. The lowest BCUT2D eigenvalue weighted by Crippen LogP contribution is -2.10. The van der Waals surface area contributed by atoms with Gasteiger partial charge in [-0.2, -0.15) is 0 Å². The highest BCUT2D eigenvalue weighted by atomic mass is 16.3. The van der Waals surface area contributed by atoms with Crippen LogP contribution in [0.4, 0.5) is 17.1 Å². The maximum absolute atomic E-state index is 6.86. The minimum absolute atomic E-state index is 0.865. The Labute approximate surface area is 318 Å². The van der Waals surface area contributed by atoms with Gasteiger partial charge in [-0.05, 0) is 94.2 Å². The molecule has 2 aromatic heterocycles. The number of hydrogen-bond donors (Lipinski definition) is 0. The van der Waals surface area contributed by atoms with Crippen molar-refractivity contribution < 1.29 is 4.42 Å². The summed E-state index contributed by atoms with van der Waals surface area (Å²) in [7, 11) is 0. The maximum atomic E-state index is 6.86. The van der Waals surface area contributed by atoms with Gasteiger partial charge < -0.3 is 13.9 Å². The molecule has 0 aliphatic rings. The fourth-order valence-corrected chi connectivity index (χ4v) is 8.51. The van der Waals surface area contributed by atoms with Gasteiger partial charge in [-0.15, -0.1) is 0 Å². The summed E-state index contributed by atoms with van der Waals surface area (Å²) < 4.78 is 9.23. The van der Waals surface area contributed by atoms with Crippen molar-refractivity contribution in [3.05, 3.63) is 206 Å².